The van der Waals surface area contributed by atoms with Crippen molar-refractivity contribution >= 4 is 72.4 Å². The van der Waals surface area contributed by atoms with Crippen LogP contribution in [0, 0.1) is 5.92 Å². The first-order valence-electron chi connectivity index (χ1n) is 13.2. The molecule has 220 valence electrons. The maximum atomic E-state index is 13.6. The van der Waals surface area contributed by atoms with E-state index in [-0.39, 0.29) is 53.3 Å². The van der Waals surface area contributed by atoms with Crippen LogP contribution in [0.3, 0.4) is 0 Å². The average molecular weight is 640 g/mol. The normalized spacial score (nSPS) is 16.7. The number of sulfonamides is 1. The molecule has 1 aromatic heterocycles. The van der Waals surface area contributed by atoms with Crippen molar-refractivity contribution in [2.24, 2.45) is 5.92 Å². The van der Waals surface area contributed by atoms with E-state index in [1.54, 1.807) is 16.7 Å². The number of nitrogens with zero attached hydrogens (tertiary/aromatic N) is 2. The van der Waals surface area contributed by atoms with Gasteiger partial charge in [0, 0.05) is 35.4 Å². The molecule has 1 aliphatic rings. The number of halogens is 2. The van der Waals surface area contributed by atoms with Crippen LogP contribution in [-0.2, 0) is 19.6 Å². The van der Waals surface area contributed by atoms with Crippen LogP contribution in [0.4, 0.5) is 0 Å². The number of benzene rings is 2. The van der Waals surface area contributed by atoms with E-state index < -0.39 is 28.5 Å². The molecule has 2 aromatic carbocycles. The highest BCUT2D eigenvalue weighted by atomic mass is 35.5. The van der Waals surface area contributed by atoms with Crippen molar-refractivity contribution in [2.45, 2.75) is 44.2 Å². The second kappa shape index (κ2) is 13.1. The summed E-state index contributed by atoms with van der Waals surface area (Å²) in [5.74, 6) is -0.755. The molecule has 4 rings (SSSR count). The van der Waals surface area contributed by atoms with Gasteiger partial charge in [-0.1, -0.05) is 55.2 Å². The van der Waals surface area contributed by atoms with E-state index in [4.69, 9.17) is 23.2 Å². The van der Waals surface area contributed by atoms with Gasteiger partial charge in [0.15, 0.2) is 0 Å². The summed E-state index contributed by atoms with van der Waals surface area (Å²) in [5.41, 5.74) is 0. The minimum Gasteiger partial charge on any atom is -0.340 e. The zero-order valence-electron chi connectivity index (χ0n) is 22.9. The number of hydrogen-bond acceptors (Lipinski definition) is 6. The van der Waals surface area contributed by atoms with Crippen LogP contribution >= 0.6 is 34.5 Å². The summed E-state index contributed by atoms with van der Waals surface area (Å²) in [6.07, 6.45) is 0.470. The number of nitrogens with one attached hydrogen (secondary N) is 2. The first-order chi connectivity index (χ1) is 19.4. The number of rotatable bonds is 9. The van der Waals surface area contributed by atoms with Gasteiger partial charge in [-0.2, -0.15) is 0 Å². The quantitative estimate of drug-likeness (QED) is 0.361. The summed E-state index contributed by atoms with van der Waals surface area (Å²) < 4.78 is 28.7. The van der Waals surface area contributed by atoms with Crippen LogP contribution < -0.4 is 10.0 Å². The van der Waals surface area contributed by atoms with Gasteiger partial charge < -0.3 is 15.1 Å². The Morgan fingerprint density at radius 1 is 1.07 bits per heavy atom. The lowest BCUT2D eigenvalue weighted by Crippen LogP contribution is -2.60. The number of carbonyl (C=O) groups excluding carboxylic acids is 3. The Balaban J connectivity index is 1.37. The number of piperazine rings is 1. The molecule has 2 atom stereocenters. The first kappa shape index (κ1) is 31.2. The molecule has 0 radical (unpaired) electrons. The van der Waals surface area contributed by atoms with E-state index in [1.165, 1.54) is 29.5 Å². The largest absolute Gasteiger partial charge is 0.340 e. The van der Waals surface area contributed by atoms with Gasteiger partial charge in [0.05, 0.1) is 16.4 Å². The van der Waals surface area contributed by atoms with E-state index >= 15 is 0 Å². The second-order valence-corrected chi connectivity index (χ2v) is 14.1. The third-order valence-corrected chi connectivity index (χ3v) is 10.1. The molecule has 1 aliphatic heterocycles. The molecular weight excluding hydrogens is 607 g/mol. The minimum absolute atomic E-state index is 0.0478. The standard InChI is InChI=1S/C28H32Cl2N4O5S2/c1-17(2)12-22(32-27(36)24-13-19-6-4-5-7-23(19)40-24)28(37)33-10-11-34(18(3)16-33)26(35)15-31-41(38,39)25-9-8-20(29)14-21(25)30/h4-9,13-14,17-18,22,31H,10-12,15-16H2,1-3H3,(H,32,36)/t18-,22-/m0/s1. The van der Waals surface area contributed by atoms with Crippen LogP contribution in [0.25, 0.3) is 10.1 Å². The van der Waals surface area contributed by atoms with Gasteiger partial charge in [0.2, 0.25) is 21.8 Å². The monoisotopic (exact) mass is 638 g/mol. The van der Waals surface area contributed by atoms with E-state index in [0.717, 1.165) is 10.1 Å². The highest BCUT2D eigenvalue weighted by molar-refractivity contribution is 7.89. The molecule has 2 N–H and O–H groups in total. The van der Waals surface area contributed by atoms with Gasteiger partial charge >= 0.3 is 0 Å². The van der Waals surface area contributed by atoms with E-state index in [2.05, 4.69) is 10.0 Å². The Morgan fingerprint density at radius 2 is 1.80 bits per heavy atom. The van der Waals surface area contributed by atoms with Crippen LogP contribution in [-0.4, -0.2) is 74.2 Å². The van der Waals surface area contributed by atoms with E-state index in [9.17, 15) is 22.8 Å². The van der Waals surface area contributed by atoms with Gasteiger partial charge in [0.25, 0.3) is 5.91 Å². The predicted octanol–water partition coefficient (Wildman–Crippen LogP) is 4.39. The zero-order chi connectivity index (χ0) is 29.9. The Kier molecular flexibility index (Phi) is 9.97. The summed E-state index contributed by atoms with van der Waals surface area (Å²) in [7, 11) is -4.04. The number of amides is 3. The van der Waals surface area contributed by atoms with Gasteiger partial charge in [0.1, 0.15) is 10.9 Å². The molecule has 0 unspecified atom stereocenters. The highest BCUT2D eigenvalue weighted by Gasteiger charge is 2.34. The molecule has 0 aliphatic carbocycles. The van der Waals surface area contributed by atoms with Crippen LogP contribution in [0.2, 0.25) is 10.0 Å². The van der Waals surface area contributed by atoms with Crippen LogP contribution in [0.5, 0.6) is 0 Å². The highest BCUT2D eigenvalue weighted by Crippen LogP contribution is 2.26. The summed E-state index contributed by atoms with van der Waals surface area (Å²) >= 11 is 13.3. The van der Waals surface area contributed by atoms with Crippen LogP contribution in [0.1, 0.15) is 36.9 Å². The third-order valence-electron chi connectivity index (χ3n) is 6.82. The van der Waals surface area contributed by atoms with Crippen molar-refractivity contribution in [1.29, 1.82) is 0 Å². The first-order valence-corrected chi connectivity index (χ1v) is 16.2. The topological polar surface area (TPSA) is 116 Å². The summed E-state index contributed by atoms with van der Waals surface area (Å²) in [6.45, 7) is 6.07. The molecule has 9 nitrogen and oxygen atoms in total. The smallest absolute Gasteiger partial charge is 0.262 e. The number of carbonyl (C=O) groups is 3. The lowest BCUT2D eigenvalue weighted by molar-refractivity contribution is -0.143. The maximum absolute atomic E-state index is 13.6. The fraction of sp³-hybridized carbons (Fsp3) is 0.393. The lowest BCUT2D eigenvalue weighted by Gasteiger charge is -2.41. The van der Waals surface area contributed by atoms with Gasteiger partial charge in [-0.15, -0.1) is 11.3 Å². The van der Waals surface area contributed by atoms with Crippen molar-refractivity contribution in [3.05, 3.63) is 63.5 Å². The molecular formula is C28H32Cl2N4O5S2. The maximum Gasteiger partial charge on any atom is 0.262 e. The Bertz CT molecular complexity index is 1530. The molecule has 0 saturated carbocycles. The average Bonchev–Trinajstić information content (AvgIpc) is 3.35. The van der Waals surface area contributed by atoms with E-state index in [1.807, 2.05) is 44.2 Å². The Labute approximate surface area is 253 Å². The SMILES string of the molecule is CC(C)C[C@H](NC(=O)c1cc2ccccc2s1)C(=O)N1CCN(C(=O)CNS(=O)(=O)c2ccc(Cl)cc2Cl)[C@@H](C)C1. The molecule has 3 aromatic rings. The van der Waals surface area contributed by atoms with Gasteiger partial charge in [-0.3, -0.25) is 14.4 Å². The molecule has 0 spiro atoms. The van der Waals surface area contributed by atoms with Crippen molar-refractivity contribution in [3.8, 4) is 0 Å². The van der Waals surface area contributed by atoms with Crippen molar-refractivity contribution in [2.75, 3.05) is 26.2 Å². The number of fused-ring (bicyclic) bond motifs is 1. The van der Waals surface area contributed by atoms with Gasteiger partial charge in [-0.25, -0.2) is 13.1 Å². The molecule has 13 heteroatoms. The fourth-order valence-corrected chi connectivity index (χ4v) is 7.50. The molecule has 3 amide bonds. The van der Waals surface area contributed by atoms with E-state index in [0.29, 0.717) is 16.3 Å². The molecule has 1 fully saturated rings. The summed E-state index contributed by atoms with van der Waals surface area (Å²) in [6, 6.07) is 12.5. The Morgan fingerprint density at radius 3 is 2.46 bits per heavy atom. The molecule has 2 heterocycles. The van der Waals surface area contributed by atoms with Crippen molar-refractivity contribution in [1.82, 2.24) is 19.8 Å². The zero-order valence-corrected chi connectivity index (χ0v) is 26.0. The summed E-state index contributed by atoms with van der Waals surface area (Å²) in [4.78, 5) is 43.2. The summed E-state index contributed by atoms with van der Waals surface area (Å²) in [5, 5.41) is 4.16. The van der Waals surface area contributed by atoms with Crippen molar-refractivity contribution < 1.29 is 22.8 Å². The Hall–Kier alpha value is -2.70. The third kappa shape index (κ3) is 7.58. The molecule has 0 bridgehead atoms. The predicted molar refractivity (Wildman–Crippen MR) is 162 cm³/mol. The number of hydrogen-bond donors (Lipinski definition) is 2. The number of thiophene rings is 1. The fourth-order valence-electron chi connectivity index (χ4n) is 4.79. The minimum atomic E-state index is -4.04. The lowest BCUT2D eigenvalue weighted by atomic mass is 10.0. The van der Waals surface area contributed by atoms with Crippen LogP contribution in [0.15, 0.2) is 53.4 Å². The van der Waals surface area contributed by atoms with Gasteiger partial charge in [-0.05, 0) is 55.0 Å². The molecule has 1 saturated heterocycles. The second-order valence-electron chi connectivity index (χ2n) is 10.4. The molecule has 41 heavy (non-hydrogen) atoms. The van der Waals surface area contributed by atoms with Crippen molar-refractivity contribution in [3.63, 3.8) is 0 Å².